The van der Waals surface area contributed by atoms with Crippen LogP contribution in [0, 0.1) is 5.41 Å². The Morgan fingerprint density at radius 1 is 1.35 bits per heavy atom. The van der Waals surface area contributed by atoms with Gasteiger partial charge in [-0.15, -0.1) is 5.10 Å². The Balaban J connectivity index is 1.62. The van der Waals surface area contributed by atoms with Crippen molar-refractivity contribution in [3.63, 3.8) is 0 Å². The number of allylic oxidation sites excluding steroid dienone is 1. The van der Waals surface area contributed by atoms with Gasteiger partial charge in [0.15, 0.2) is 0 Å². The molecule has 0 aliphatic carbocycles. The molecule has 0 bridgehead atoms. The largest absolute Gasteiger partial charge is 0.392 e. The SMILES string of the molecule is CC(C)=CCCN1CC[C@@H](O)[C@]2(CCCN(C(=O)Cn3cnnn3)C2)C1. The molecule has 2 fully saturated rings. The number of tetrazole rings is 1. The van der Waals surface area contributed by atoms with Crippen LogP contribution in [0.1, 0.15) is 39.5 Å². The summed E-state index contributed by atoms with van der Waals surface area (Å²) in [6.45, 7) is 8.56. The molecule has 3 rings (SSSR count). The summed E-state index contributed by atoms with van der Waals surface area (Å²) in [5.41, 5.74) is 1.13. The third-order valence-electron chi connectivity index (χ3n) is 5.61. The smallest absolute Gasteiger partial charge is 0.244 e. The Morgan fingerprint density at radius 2 is 2.19 bits per heavy atom. The zero-order valence-corrected chi connectivity index (χ0v) is 15.8. The lowest BCUT2D eigenvalue weighted by molar-refractivity contribution is -0.142. The first-order valence-corrected chi connectivity index (χ1v) is 9.51. The second kappa shape index (κ2) is 8.26. The van der Waals surface area contributed by atoms with E-state index in [0.29, 0.717) is 6.54 Å². The summed E-state index contributed by atoms with van der Waals surface area (Å²) < 4.78 is 1.45. The number of amides is 1. The Hall–Kier alpha value is -1.80. The van der Waals surface area contributed by atoms with Gasteiger partial charge in [0.25, 0.3) is 0 Å². The van der Waals surface area contributed by atoms with Crippen LogP contribution in [-0.2, 0) is 11.3 Å². The van der Waals surface area contributed by atoms with Crippen molar-refractivity contribution in [3.8, 4) is 0 Å². The lowest BCUT2D eigenvalue weighted by Crippen LogP contribution is -2.60. The fraction of sp³-hybridized carbons (Fsp3) is 0.778. The van der Waals surface area contributed by atoms with E-state index < -0.39 is 0 Å². The van der Waals surface area contributed by atoms with Gasteiger partial charge in [-0.05, 0) is 50.0 Å². The molecule has 2 aliphatic rings. The molecule has 1 spiro atoms. The average Bonchev–Trinajstić information content (AvgIpc) is 3.11. The maximum Gasteiger partial charge on any atom is 0.244 e. The zero-order chi connectivity index (χ0) is 18.6. The summed E-state index contributed by atoms with van der Waals surface area (Å²) in [6, 6.07) is 0. The highest BCUT2D eigenvalue weighted by molar-refractivity contribution is 5.76. The van der Waals surface area contributed by atoms with Crippen molar-refractivity contribution in [3.05, 3.63) is 18.0 Å². The van der Waals surface area contributed by atoms with Crippen molar-refractivity contribution in [1.82, 2.24) is 30.0 Å². The van der Waals surface area contributed by atoms with E-state index in [0.717, 1.165) is 51.9 Å². The van der Waals surface area contributed by atoms with Gasteiger partial charge in [0.1, 0.15) is 12.9 Å². The number of aliphatic hydroxyl groups excluding tert-OH is 1. The van der Waals surface area contributed by atoms with Crippen LogP contribution in [0.25, 0.3) is 0 Å². The second-order valence-corrected chi connectivity index (χ2v) is 7.94. The molecule has 8 heteroatoms. The normalized spacial score (nSPS) is 26.9. The highest BCUT2D eigenvalue weighted by atomic mass is 16.3. The summed E-state index contributed by atoms with van der Waals surface area (Å²) in [7, 11) is 0. The Kier molecular flexibility index (Phi) is 6.03. The molecular weight excluding hydrogens is 332 g/mol. The van der Waals surface area contributed by atoms with E-state index in [4.69, 9.17) is 0 Å². The first-order valence-electron chi connectivity index (χ1n) is 9.51. The Morgan fingerprint density at radius 3 is 2.92 bits per heavy atom. The Labute approximate surface area is 154 Å². The number of carbonyl (C=O) groups is 1. The minimum atomic E-state index is -0.342. The van der Waals surface area contributed by atoms with E-state index in [1.165, 1.54) is 16.6 Å². The standard InChI is InChI=1S/C18H30N6O2/c1-15(2)5-3-8-22-10-6-16(25)18(12-22)7-4-9-23(13-18)17(26)11-24-14-19-20-21-24/h5,14,16,25H,3-4,6-13H2,1-2H3/t16-,18-/m1/s1. The van der Waals surface area contributed by atoms with Gasteiger partial charge in [0.05, 0.1) is 6.10 Å². The van der Waals surface area contributed by atoms with Crippen LogP contribution >= 0.6 is 0 Å². The van der Waals surface area contributed by atoms with E-state index in [-0.39, 0.29) is 24.0 Å². The third-order valence-corrected chi connectivity index (χ3v) is 5.61. The summed E-state index contributed by atoms with van der Waals surface area (Å²) in [4.78, 5) is 17.0. The van der Waals surface area contributed by atoms with Gasteiger partial charge in [-0.2, -0.15) is 0 Å². The van der Waals surface area contributed by atoms with Crippen LogP contribution in [0.3, 0.4) is 0 Å². The maximum absolute atomic E-state index is 12.6. The van der Waals surface area contributed by atoms with Crippen molar-refractivity contribution >= 4 is 5.91 Å². The van der Waals surface area contributed by atoms with Crippen LogP contribution in [0.15, 0.2) is 18.0 Å². The first-order chi connectivity index (χ1) is 12.5. The van der Waals surface area contributed by atoms with Crippen LogP contribution in [0.4, 0.5) is 0 Å². The van der Waals surface area contributed by atoms with E-state index in [9.17, 15) is 9.90 Å². The molecule has 2 aliphatic heterocycles. The molecule has 0 saturated carbocycles. The van der Waals surface area contributed by atoms with Crippen LogP contribution < -0.4 is 0 Å². The van der Waals surface area contributed by atoms with Gasteiger partial charge in [-0.1, -0.05) is 11.6 Å². The van der Waals surface area contributed by atoms with Gasteiger partial charge in [0, 0.05) is 38.1 Å². The molecule has 0 unspecified atom stereocenters. The molecule has 1 aromatic heterocycles. The number of aromatic nitrogens is 4. The highest BCUT2D eigenvalue weighted by Crippen LogP contribution is 2.39. The summed E-state index contributed by atoms with van der Waals surface area (Å²) in [5, 5.41) is 21.7. The fourth-order valence-corrected chi connectivity index (χ4v) is 4.23. The number of aliphatic hydroxyl groups is 1. The number of hydrogen-bond donors (Lipinski definition) is 1. The Bertz CT molecular complexity index is 628. The lowest BCUT2D eigenvalue weighted by atomic mass is 9.71. The number of piperidine rings is 2. The van der Waals surface area contributed by atoms with Gasteiger partial charge in [0.2, 0.25) is 5.91 Å². The molecule has 1 aromatic rings. The molecule has 2 saturated heterocycles. The fourth-order valence-electron chi connectivity index (χ4n) is 4.23. The molecule has 8 nitrogen and oxygen atoms in total. The highest BCUT2D eigenvalue weighted by Gasteiger charge is 2.46. The van der Waals surface area contributed by atoms with E-state index in [1.807, 2.05) is 4.90 Å². The number of carbonyl (C=O) groups excluding carboxylic acids is 1. The lowest BCUT2D eigenvalue weighted by Gasteiger charge is -2.51. The van der Waals surface area contributed by atoms with Gasteiger partial charge in [-0.3, -0.25) is 4.79 Å². The molecule has 3 heterocycles. The maximum atomic E-state index is 12.6. The minimum Gasteiger partial charge on any atom is -0.392 e. The van der Waals surface area contributed by atoms with Crippen molar-refractivity contribution < 1.29 is 9.90 Å². The summed E-state index contributed by atoms with van der Waals surface area (Å²) in [6.07, 6.45) is 7.10. The van der Waals surface area contributed by atoms with Crippen LogP contribution in [-0.4, -0.2) is 79.8 Å². The predicted octanol–water partition coefficient (Wildman–Crippen LogP) is 0.705. The van der Waals surface area contributed by atoms with E-state index >= 15 is 0 Å². The first kappa shape index (κ1) is 19.0. The molecular formula is C18H30N6O2. The van der Waals surface area contributed by atoms with Gasteiger partial charge in [-0.25, -0.2) is 4.68 Å². The second-order valence-electron chi connectivity index (χ2n) is 7.94. The molecule has 1 amide bonds. The van der Waals surface area contributed by atoms with Crippen molar-refractivity contribution in [2.24, 2.45) is 5.41 Å². The van der Waals surface area contributed by atoms with E-state index in [1.54, 1.807) is 0 Å². The number of rotatable bonds is 5. The van der Waals surface area contributed by atoms with Crippen molar-refractivity contribution in [2.45, 2.75) is 52.2 Å². The average molecular weight is 362 g/mol. The summed E-state index contributed by atoms with van der Waals surface area (Å²) >= 11 is 0. The quantitative estimate of drug-likeness (QED) is 0.776. The number of hydrogen-bond acceptors (Lipinski definition) is 6. The molecule has 0 aromatic carbocycles. The number of likely N-dealkylation sites (tertiary alicyclic amines) is 2. The zero-order valence-electron chi connectivity index (χ0n) is 15.8. The van der Waals surface area contributed by atoms with Crippen LogP contribution in [0.2, 0.25) is 0 Å². The molecule has 26 heavy (non-hydrogen) atoms. The van der Waals surface area contributed by atoms with Gasteiger partial charge < -0.3 is 14.9 Å². The van der Waals surface area contributed by atoms with Crippen LogP contribution in [0.5, 0.6) is 0 Å². The monoisotopic (exact) mass is 362 g/mol. The molecule has 2 atom stereocenters. The predicted molar refractivity (Wildman–Crippen MR) is 97.2 cm³/mol. The third kappa shape index (κ3) is 4.48. The van der Waals surface area contributed by atoms with E-state index in [2.05, 4.69) is 40.3 Å². The molecule has 144 valence electrons. The van der Waals surface area contributed by atoms with Gasteiger partial charge >= 0.3 is 0 Å². The molecule has 0 radical (unpaired) electrons. The van der Waals surface area contributed by atoms with Crippen molar-refractivity contribution in [2.75, 3.05) is 32.7 Å². The summed E-state index contributed by atoms with van der Waals surface area (Å²) in [5.74, 6) is 0.0187. The minimum absolute atomic E-state index is 0.0187. The molecule has 1 N–H and O–H groups in total. The topological polar surface area (TPSA) is 87.4 Å². The number of nitrogens with zero attached hydrogens (tertiary/aromatic N) is 6. The van der Waals surface area contributed by atoms with Crippen molar-refractivity contribution in [1.29, 1.82) is 0 Å².